The van der Waals surface area contributed by atoms with Gasteiger partial charge in [-0.05, 0) is 47.5 Å². The van der Waals surface area contributed by atoms with Crippen molar-refractivity contribution in [1.29, 1.82) is 0 Å². The maximum Gasteiger partial charge on any atom is 0.222 e. The van der Waals surface area contributed by atoms with E-state index in [4.69, 9.17) is 4.42 Å². The third-order valence-electron chi connectivity index (χ3n) is 6.75. The van der Waals surface area contributed by atoms with E-state index in [1.807, 2.05) is 40.5 Å². The van der Waals surface area contributed by atoms with Gasteiger partial charge in [-0.3, -0.25) is 0 Å². The van der Waals surface area contributed by atoms with Crippen LogP contribution in [-0.4, -0.2) is 0 Å². The highest BCUT2D eigenvalue weighted by molar-refractivity contribution is 8.00. The largest absolute Gasteiger partial charge is 0.456 e. The minimum atomic E-state index is 0.957. The van der Waals surface area contributed by atoms with Crippen LogP contribution in [0.3, 0.4) is 0 Å². The number of aryl methyl sites for hydroxylation is 2. The van der Waals surface area contributed by atoms with E-state index in [1.54, 1.807) is 0 Å². The summed E-state index contributed by atoms with van der Waals surface area (Å²) in [5.74, 6) is 0. The van der Waals surface area contributed by atoms with Crippen LogP contribution in [0.5, 0.6) is 0 Å². The Morgan fingerprint density at radius 1 is 0.906 bits per heavy atom. The van der Waals surface area contributed by atoms with E-state index in [0.717, 1.165) is 11.2 Å². The summed E-state index contributed by atoms with van der Waals surface area (Å²) in [7, 11) is 2.17. The number of hydrogen-bond donors (Lipinski definition) is 0. The van der Waals surface area contributed by atoms with Crippen molar-refractivity contribution in [2.45, 2.75) is 16.7 Å². The van der Waals surface area contributed by atoms with Crippen LogP contribution in [0.15, 0.2) is 74.3 Å². The van der Waals surface area contributed by atoms with Crippen molar-refractivity contribution in [1.82, 2.24) is 0 Å². The molecule has 1 aliphatic rings. The minimum Gasteiger partial charge on any atom is -0.456 e. The lowest BCUT2D eigenvalue weighted by molar-refractivity contribution is -0.659. The topological polar surface area (TPSA) is 17.0 Å². The normalized spacial score (nSPS) is 13.2. The Kier molecular flexibility index (Phi) is 3.27. The van der Waals surface area contributed by atoms with Gasteiger partial charge in [0, 0.05) is 36.7 Å². The van der Waals surface area contributed by atoms with Gasteiger partial charge in [0.15, 0.2) is 6.20 Å². The molecule has 0 spiro atoms. The molecule has 5 heteroatoms. The molecule has 2 nitrogen and oxygen atoms in total. The second kappa shape index (κ2) is 5.93. The van der Waals surface area contributed by atoms with E-state index in [0.29, 0.717) is 0 Å². The number of aromatic nitrogens is 1. The van der Waals surface area contributed by atoms with Gasteiger partial charge in [0.1, 0.15) is 18.2 Å². The molecule has 0 unspecified atom stereocenters. The van der Waals surface area contributed by atoms with Crippen LogP contribution in [0.1, 0.15) is 5.56 Å². The smallest absolute Gasteiger partial charge is 0.222 e. The molecule has 0 saturated carbocycles. The number of furan rings is 1. The molecule has 0 saturated heterocycles. The predicted octanol–water partition coefficient (Wildman–Crippen LogP) is 8.43. The molecule has 5 heterocycles. The van der Waals surface area contributed by atoms with E-state index in [-0.39, 0.29) is 0 Å². The Balaban J connectivity index is 1.59. The van der Waals surface area contributed by atoms with Gasteiger partial charge in [-0.15, -0.1) is 22.7 Å². The van der Waals surface area contributed by atoms with Gasteiger partial charge in [0.25, 0.3) is 0 Å². The molecule has 0 atom stereocenters. The average molecular weight is 467 g/mol. The number of para-hydroxylation sites is 1. The summed E-state index contributed by atoms with van der Waals surface area (Å²) in [6, 6.07) is 17.6. The summed E-state index contributed by atoms with van der Waals surface area (Å²) in [5, 5.41) is 8.73. The van der Waals surface area contributed by atoms with Crippen LogP contribution in [0, 0.1) is 6.92 Å². The molecule has 32 heavy (non-hydrogen) atoms. The SMILES string of the molecule is Cc1c2c(cc3oc4ccccc4c13)Sc1c3sc4ccsc4c3cc3cc[n+](C)c-2c13. The summed E-state index contributed by atoms with van der Waals surface area (Å²) in [6.07, 6.45) is 2.21. The molecule has 0 amide bonds. The fourth-order valence-corrected chi connectivity index (χ4v) is 9.13. The van der Waals surface area contributed by atoms with Crippen LogP contribution < -0.4 is 4.57 Å². The highest BCUT2D eigenvalue weighted by atomic mass is 32.2. The molecular formula is C27H16NOS3+. The van der Waals surface area contributed by atoms with Gasteiger partial charge in [0.2, 0.25) is 5.69 Å². The van der Waals surface area contributed by atoms with Crippen molar-refractivity contribution in [2.24, 2.45) is 7.05 Å². The van der Waals surface area contributed by atoms with Crippen molar-refractivity contribution in [3.8, 4) is 11.3 Å². The molecule has 8 rings (SSSR count). The monoisotopic (exact) mass is 466 g/mol. The summed E-state index contributed by atoms with van der Waals surface area (Å²) < 4.78 is 12.8. The third-order valence-corrected chi connectivity index (χ3v) is 10.3. The molecule has 3 aromatic carbocycles. The number of pyridine rings is 1. The zero-order valence-corrected chi connectivity index (χ0v) is 19.8. The van der Waals surface area contributed by atoms with Gasteiger partial charge in [-0.1, -0.05) is 30.0 Å². The number of hydrogen-bond acceptors (Lipinski definition) is 4. The summed E-state index contributed by atoms with van der Waals surface area (Å²) >= 11 is 5.69. The van der Waals surface area contributed by atoms with Gasteiger partial charge in [0.05, 0.1) is 20.3 Å². The van der Waals surface area contributed by atoms with Gasteiger partial charge >= 0.3 is 0 Å². The van der Waals surface area contributed by atoms with E-state index >= 15 is 0 Å². The van der Waals surface area contributed by atoms with Gasteiger partial charge in [-0.25, -0.2) is 4.57 Å². The van der Waals surface area contributed by atoms with E-state index in [9.17, 15) is 0 Å². The Morgan fingerprint density at radius 2 is 1.81 bits per heavy atom. The van der Waals surface area contributed by atoms with Crippen LogP contribution in [0.4, 0.5) is 0 Å². The van der Waals surface area contributed by atoms with Crippen molar-refractivity contribution >= 4 is 86.6 Å². The highest BCUT2D eigenvalue weighted by Crippen LogP contribution is 2.55. The van der Waals surface area contributed by atoms with Crippen molar-refractivity contribution < 1.29 is 8.98 Å². The van der Waals surface area contributed by atoms with E-state index < -0.39 is 0 Å². The zero-order chi connectivity index (χ0) is 21.1. The lowest BCUT2D eigenvalue weighted by Gasteiger charge is -2.20. The maximum atomic E-state index is 6.30. The molecule has 0 fully saturated rings. The molecule has 0 aliphatic carbocycles. The van der Waals surface area contributed by atoms with Crippen LogP contribution in [0.2, 0.25) is 0 Å². The Labute approximate surface area is 195 Å². The highest BCUT2D eigenvalue weighted by Gasteiger charge is 2.32. The van der Waals surface area contributed by atoms with Crippen molar-refractivity contribution in [3.05, 3.63) is 65.7 Å². The molecule has 0 radical (unpaired) electrons. The van der Waals surface area contributed by atoms with Crippen LogP contribution >= 0.6 is 34.4 Å². The van der Waals surface area contributed by atoms with E-state index in [2.05, 4.69) is 72.6 Å². The Bertz CT molecular complexity index is 1940. The Morgan fingerprint density at radius 3 is 2.75 bits per heavy atom. The molecular weight excluding hydrogens is 451 g/mol. The second-order valence-corrected chi connectivity index (χ2v) is 11.5. The molecule has 7 aromatic rings. The summed E-state index contributed by atoms with van der Waals surface area (Å²) in [4.78, 5) is 2.67. The lowest BCUT2D eigenvalue weighted by atomic mass is 9.95. The fourth-order valence-electron chi connectivity index (χ4n) is 5.37. The predicted molar refractivity (Wildman–Crippen MR) is 137 cm³/mol. The molecule has 0 bridgehead atoms. The molecule has 1 aliphatic heterocycles. The van der Waals surface area contributed by atoms with E-state index in [1.165, 1.54) is 67.6 Å². The third kappa shape index (κ3) is 2.05. The number of nitrogens with zero attached hydrogens (tertiary/aromatic N) is 1. The van der Waals surface area contributed by atoms with Gasteiger partial charge in [-0.2, -0.15) is 0 Å². The van der Waals surface area contributed by atoms with Gasteiger partial charge < -0.3 is 4.42 Å². The van der Waals surface area contributed by atoms with Crippen molar-refractivity contribution in [2.75, 3.05) is 0 Å². The molecule has 4 aromatic heterocycles. The second-order valence-electron chi connectivity index (χ2n) is 8.49. The Hall–Kier alpha value is -2.86. The molecule has 0 N–H and O–H groups in total. The molecule has 152 valence electrons. The van der Waals surface area contributed by atoms with Crippen molar-refractivity contribution in [3.63, 3.8) is 0 Å². The van der Waals surface area contributed by atoms with Crippen LogP contribution in [0.25, 0.3) is 63.5 Å². The first-order chi connectivity index (χ1) is 15.7. The van der Waals surface area contributed by atoms with Crippen LogP contribution in [-0.2, 0) is 7.05 Å². The number of benzene rings is 3. The zero-order valence-electron chi connectivity index (χ0n) is 17.4. The first-order valence-electron chi connectivity index (χ1n) is 10.6. The number of rotatable bonds is 0. The summed E-state index contributed by atoms with van der Waals surface area (Å²) in [5.41, 5.74) is 5.89. The minimum absolute atomic E-state index is 0.957. The number of thiophene rings is 2. The fraction of sp³-hybridized carbons (Fsp3) is 0.0741. The first kappa shape index (κ1) is 17.7. The quantitative estimate of drug-likeness (QED) is 0.209. The number of fused-ring (bicyclic) bond motifs is 9. The average Bonchev–Trinajstić information content (AvgIpc) is 3.48. The first-order valence-corrected chi connectivity index (χ1v) is 13.1. The maximum absolute atomic E-state index is 6.30. The lowest BCUT2D eigenvalue weighted by Crippen LogP contribution is -2.31. The summed E-state index contributed by atoms with van der Waals surface area (Å²) in [6.45, 7) is 2.26. The standard InChI is InChI=1S/C27H16NOS3/c1-13-21-15-5-3-4-6-17(15)29-18(21)12-20-22(13)24-23-14(7-9-28(24)2)11-16-25-19(8-10-30-25)31-26(16)27(23)32-20/h3-12H,1-2H3/q+1.